The molecule has 0 amide bonds. The average molecular weight is 251 g/mol. The molecule has 2 aromatic rings. The number of fused-ring (bicyclic) bond motifs is 1. The number of aromatic nitrogens is 3. The van der Waals surface area contributed by atoms with Crippen LogP contribution in [-0.2, 0) is 6.18 Å². The summed E-state index contributed by atoms with van der Waals surface area (Å²) in [5.74, 6) is 0. The van der Waals surface area contributed by atoms with Crippen LogP contribution in [0.25, 0.3) is 10.3 Å². The van der Waals surface area contributed by atoms with E-state index in [0.29, 0.717) is 4.34 Å². The summed E-state index contributed by atoms with van der Waals surface area (Å²) in [6, 6.07) is 0. The number of thioether (sulfide) groups is 1. The molecule has 0 atom stereocenters. The topological polar surface area (TPSA) is 38.7 Å². The molecular weight excluding hydrogens is 247 g/mol. The van der Waals surface area contributed by atoms with Crippen molar-refractivity contribution in [2.24, 2.45) is 0 Å². The maximum Gasteiger partial charge on any atom is 0.434 e. The molecule has 0 N–H and O–H groups in total. The number of thiazole rings is 1. The van der Waals surface area contributed by atoms with E-state index in [9.17, 15) is 13.2 Å². The zero-order valence-corrected chi connectivity index (χ0v) is 9.00. The molecule has 2 rings (SSSR count). The summed E-state index contributed by atoms with van der Waals surface area (Å²) >= 11 is 2.24. The lowest BCUT2D eigenvalue weighted by atomic mass is 10.4. The van der Waals surface area contributed by atoms with E-state index in [1.54, 1.807) is 6.26 Å². The first-order valence-corrected chi connectivity index (χ1v) is 5.79. The molecule has 0 spiro atoms. The quantitative estimate of drug-likeness (QED) is 0.730. The summed E-state index contributed by atoms with van der Waals surface area (Å²) in [6.45, 7) is 0. The first-order valence-electron chi connectivity index (χ1n) is 3.75. The minimum Gasteiger partial charge on any atom is -0.230 e. The predicted octanol–water partition coefficient (Wildman–Crippen LogP) is 2.83. The van der Waals surface area contributed by atoms with Crippen LogP contribution in [0, 0.1) is 0 Å². The van der Waals surface area contributed by atoms with Gasteiger partial charge in [-0.25, -0.2) is 15.0 Å². The van der Waals surface area contributed by atoms with Crippen molar-refractivity contribution in [2.45, 2.75) is 10.5 Å². The van der Waals surface area contributed by atoms with Gasteiger partial charge in [0.05, 0.1) is 0 Å². The molecule has 0 aliphatic heterocycles. The normalized spacial score (nSPS) is 12.3. The number of rotatable bonds is 1. The smallest absolute Gasteiger partial charge is 0.230 e. The minimum absolute atomic E-state index is 0.00523. The van der Waals surface area contributed by atoms with Gasteiger partial charge in [0.25, 0.3) is 0 Å². The van der Waals surface area contributed by atoms with Crippen LogP contribution in [0.4, 0.5) is 13.2 Å². The molecule has 0 bridgehead atoms. The molecule has 0 aromatic carbocycles. The van der Waals surface area contributed by atoms with E-state index in [0.717, 1.165) is 17.7 Å². The third-order valence-corrected chi connectivity index (χ3v) is 3.65. The Labute approximate surface area is 90.8 Å². The highest BCUT2D eigenvalue weighted by Gasteiger charge is 2.36. The van der Waals surface area contributed by atoms with E-state index in [1.165, 1.54) is 11.8 Å². The van der Waals surface area contributed by atoms with Crippen LogP contribution in [0.5, 0.6) is 0 Å². The lowest BCUT2D eigenvalue weighted by Crippen LogP contribution is -2.08. The molecule has 15 heavy (non-hydrogen) atoms. The van der Waals surface area contributed by atoms with Crippen molar-refractivity contribution in [1.82, 2.24) is 15.0 Å². The maximum absolute atomic E-state index is 12.5. The number of hydrogen-bond acceptors (Lipinski definition) is 5. The molecule has 0 saturated heterocycles. The van der Waals surface area contributed by atoms with E-state index >= 15 is 0 Å². The molecule has 80 valence electrons. The molecule has 0 saturated carbocycles. The fraction of sp³-hybridized carbons (Fsp3) is 0.286. The zero-order valence-electron chi connectivity index (χ0n) is 7.37. The highest BCUT2D eigenvalue weighted by molar-refractivity contribution is 8.00. The second-order valence-corrected chi connectivity index (χ2v) is 4.61. The Bertz CT molecular complexity index is 494. The summed E-state index contributed by atoms with van der Waals surface area (Å²) < 4.78 is 38.1. The summed E-state index contributed by atoms with van der Waals surface area (Å²) in [6.07, 6.45) is -1.82. The van der Waals surface area contributed by atoms with E-state index < -0.39 is 11.9 Å². The van der Waals surface area contributed by atoms with Crippen molar-refractivity contribution < 1.29 is 13.2 Å². The van der Waals surface area contributed by atoms with Crippen molar-refractivity contribution in [2.75, 3.05) is 6.26 Å². The molecule has 2 aromatic heterocycles. The van der Waals surface area contributed by atoms with Crippen molar-refractivity contribution in [3.05, 3.63) is 12.0 Å². The van der Waals surface area contributed by atoms with Crippen molar-refractivity contribution in [3.8, 4) is 0 Å². The first-order chi connectivity index (χ1) is 7.02. The number of nitrogens with zero attached hydrogens (tertiary/aromatic N) is 3. The SMILES string of the molecule is CSc1nc2ncnc(C(F)(F)F)c2s1. The molecule has 0 aliphatic rings. The predicted molar refractivity (Wildman–Crippen MR) is 52.0 cm³/mol. The zero-order chi connectivity index (χ0) is 11.1. The van der Waals surface area contributed by atoms with E-state index in [4.69, 9.17) is 0 Å². The molecule has 8 heteroatoms. The van der Waals surface area contributed by atoms with E-state index in [1.807, 2.05) is 0 Å². The van der Waals surface area contributed by atoms with Gasteiger partial charge in [0.1, 0.15) is 11.0 Å². The van der Waals surface area contributed by atoms with Crippen LogP contribution in [0.15, 0.2) is 10.7 Å². The Hall–Kier alpha value is -0.890. The van der Waals surface area contributed by atoms with Crippen LogP contribution in [-0.4, -0.2) is 21.2 Å². The minimum atomic E-state index is -4.45. The van der Waals surface area contributed by atoms with Crippen LogP contribution < -0.4 is 0 Å². The lowest BCUT2D eigenvalue weighted by Gasteiger charge is -2.04. The van der Waals surface area contributed by atoms with Gasteiger partial charge in [-0.15, -0.1) is 11.3 Å². The molecule has 2 heterocycles. The Morgan fingerprint density at radius 1 is 1.33 bits per heavy atom. The van der Waals surface area contributed by atoms with Crippen molar-refractivity contribution >= 4 is 33.4 Å². The van der Waals surface area contributed by atoms with Gasteiger partial charge in [0, 0.05) is 0 Å². The third kappa shape index (κ3) is 1.91. The number of alkyl halides is 3. The second kappa shape index (κ2) is 3.60. The van der Waals surface area contributed by atoms with Crippen LogP contribution in [0.3, 0.4) is 0 Å². The largest absolute Gasteiger partial charge is 0.434 e. The molecule has 0 aliphatic carbocycles. The number of hydrogen-bond donors (Lipinski definition) is 0. The van der Waals surface area contributed by atoms with Gasteiger partial charge in [-0.3, -0.25) is 0 Å². The Morgan fingerprint density at radius 2 is 2.07 bits per heavy atom. The molecule has 0 unspecified atom stereocenters. The Morgan fingerprint density at radius 3 is 2.67 bits per heavy atom. The van der Waals surface area contributed by atoms with Gasteiger partial charge < -0.3 is 0 Å². The van der Waals surface area contributed by atoms with E-state index in [-0.39, 0.29) is 10.3 Å². The highest BCUT2D eigenvalue weighted by atomic mass is 32.2. The summed E-state index contributed by atoms with van der Waals surface area (Å²) in [4.78, 5) is 10.9. The van der Waals surface area contributed by atoms with Gasteiger partial charge in [-0.1, -0.05) is 11.8 Å². The lowest BCUT2D eigenvalue weighted by molar-refractivity contribution is -0.139. The summed E-state index contributed by atoms with van der Waals surface area (Å²) in [5.41, 5.74) is -0.808. The fourth-order valence-electron chi connectivity index (χ4n) is 1.02. The third-order valence-electron chi connectivity index (χ3n) is 1.61. The van der Waals surface area contributed by atoms with Crippen molar-refractivity contribution in [1.29, 1.82) is 0 Å². The second-order valence-electron chi connectivity index (χ2n) is 2.56. The van der Waals surface area contributed by atoms with Gasteiger partial charge >= 0.3 is 6.18 Å². The first kappa shape index (κ1) is 10.6. The Kier molecular flexibility index (Phi) is 2.55. The van der Waals surface area contributed by atoms with Gasteiger partial charge in [-0.05, 0) is 6.26 Å². The van der Waals surface area contributed by atoms with E-state index in [2.05, 4.69) is 15.0 Å². The fourth-order valence-corrected chi connectivity index (χ4v) is 2.55. The molecule has 3 nitrogen and oxygen atoms in total. The molecular formula is C7H4F3N3S2. The standard InChI is InChI=1S/C7H4F3N3S2/c1-14-6-13-5-3(15-6)4(7(8,9)10)11-2-12-5/h2H,1H3. The molecule has 0 radical (unpaired) electrons. The van der Waals surface area contributed by atoms with Crippen molar-refractivity contribution in [3.63, 3.8) is 0 Å². The van der Waals surface area contributed by atoms with Gasteiger partial charge in [0.15, 0.2) is 15.7 Å². The van der Waals surface area contributed by atoms with Crippen LogP contribution >= 0.6 is 23.1 Å². The maximum atomic E-state index is 12.5. The number of halogens is 3. The van der Waals surface area contributed by atoms with Crippen LogP contribution in [0.2, 0.25) is 0 Å². The average Bonchev–Trinajstić information content (AvgIpc) is 2.57. The highest BCUT2D eigenvalue weighted by Crippen LogP contribution is 2.36. The molecule has 0 fully saturated rings. The summed E-state index contributed by atoms with van der Waals surface area (Å²) in [7, 11) is 0. The monoisotopic (exact) mass is 251 g/mol. The summed E-state index contributed by atoms with van der Waals surface area (Å²) in [5, 5.41) is 0. The van der Waals surface area contributed by atoms with Gasteiger partial charge in [-0.2, -0.15) is 13.2 Å². The van der Waals surface area contributed by atoms with Crippen LogP contribution in [0.1, 0.15) is 5.69 Å². The van der Waals surface area contributed by atoms with Gasteiger partial charge in [0.2, 0.25) is 0 Å². The Balaban J connectivity index is 2.70.